The van der Waals surface area contributed by atoms with Crippen molar-refractivity contribution in [2.75, 3.05) is 6.54 Å². The molecule has 1 aliphatic carbocycles. The number of carboxylic acids is 1. The Hall–Kier alpha value is -1.26. The fourth-order valence-corrected chi connectivity index (χ4v) is 1.64. The number of nitrogens with zero attached hydrogens (tertiary/aromatic N) is 1. The predicted octanol–water partition coefficient (Wildman–Crippen LogP) is 1.82. The van der Waals surface area contributed by atoms with Gasteiger partial charge in [0.2, 0.25) is 0 Å². The second-order valence-electron chi connectivity index (χ2n) is 5.28. The van der Waals surface area contributed by atoms with Gasteiger partial charge >= 0.3 is 12.0 Å². The Balaban J connectivity index is 2.41. The molecule has 1 saturated carbocycles. The molecule has 0 saturated heterocycles. The van der Waals surface area contributed by atoms with Crippen LogP contribution in [0.25, 0.3) is 0 Å². The minimum atomic E-state index is -0.816. The summed E-state index contributed by atoms with van der Waals surface area (Å²) in [4.78, 5) is 24.1. The van der Waals surface area contributed by atoms with Crippen LogP contribution in [0.3, 0.4) is 0 Å². The number of nitrogens with one attached hydrogen (secondary N) is 1. The minimum Gasteiger partial charge on any atom is -0.481 e. The van der Waals surface area contributed by atoms with Gasteiger partial charge in [0.15, 0.2) is 0 Å². The number of carbonyl (C=O) groups is 2. The Labute approximate surface area is 102 Å². The van der Waals surface area contributed by atoms with Crippen molar-refractivity contribution in [2.45, 2.75) is 58.0 Å². The number of hydrogen-bond donors (Lipinski definition) is 2. The summed E-state index contributed by atoms with van der Waals surface area (Å²) in [5.74, 6) is -0.816. The summed E-state index contributed by atoms with van der Waals surface area (Å²) in [5, 5.41) is 11.6. The quantitative estimate of drug-likeness (QED) is 0.746. The number of carboxylic acid groups (broad SMARTS) is 1. The summed E-state index contributed by atoms with van der Waals surface area (Å²) in [6.07, 6.45) is 2.66. The van der Waals surface area contributed by atoms with Gasteiger partial charge in [-0.25, -0.2) is 4.79 Å². The molecular weight excluding hydrogens is 220 g/mol. The van der Waals surface area contributed by atoms with Gasteiger partial charge in [-0.15, -0.1) is 0 Å². The van der Waals surface area contributed by atoms with Gasteiger partial charge in [-0.2, -0.15) is 0 Å². The van der Waals surface area contributed by atoms with E-state index in [1.807, 2.05) is 20.8 Å². The number of rotatable bonds is 6. The van der Waals surface area contributed by atoms with Crippen molar-refractivity contribution >= 4 is 12.0 Å². The van der Waals surface area contributed by atoms with Gasteiger partial charge in [-0.1, -0.05) is 0 Å². The van der Waals surface area contributed by atoms with Crippen LogP contribution in [0.15, 0.2) is 0 Å². The lowest BCUT2D eigenvalue weighted by atomic mass is 10.2. The van der Waals surface area contributed by atoms with Crippen molar-refractivity contribution in [1.29, 1.82) is 0 Å². The minimum absolute atomic E-state index is 0.0307. The standard InChI is InChI=1S/C12H22N2O3/c1-9(2)14(8-4-5-10(15)16)11(17)13-12(3)6-7-12/h9H,4-8H2,1-3H3,(H,13,17)(H,15,16). The van der Waals surface area contributed by atoms with E-state index in [-0.39, 0.29) is 24.0 Å². The number of urea groups is 1. The van der Waals surface area contributed by atoms with Gasteiger partial charge in [0.05, 0.1) is 0 Å². The van der Waals surface area contributed by atoms with Gasteiger partial charge < -0.3 is 15.3 Å². The third kappa shape index (κ3) is 4.63. The largest absolute Gasteiger partial charge is 0.481 e. The first-order chi connectivity index (χ1) is 7.84. The summed E-state index contributed by atoms with van der Waals surface area (Å²) in [6.45, 7) is 6.40. The average molecular weight is 242 g/mol. The molecule has 5 heteroatoms. The highest BCUT2D eigenvalue weighted by atomic mass is 16.4. The number of carbonyl (C=O) groups excluding carboxylic acids is 1. The molecule has 1 rings (SSSR count). The molecule has 0 unspecified atom stereocenters. The molecule has 0 atom stereocenters. The van der Waals surface area contributed by atoms with Crippen LogP contribution in [0.1, 0.15) is 46.5 Å². The number of aliphatic carboxylic acids is 1. The number of hydrogen-bond acceptors (Lipinski definition) is 2. The topological polar surface area (TPSA) is 69.6 Å². The summed E-state index contributed by atoms with van der Waals surface area (Å²) in [7, 11) is 0. The van der Waals surface area contributed by atoms with Gasteiger partial charge in [0.1, 0.15) is 0 Å². The molecule has 1 fully saturated rings. The Kier molecular flexibility index (Phi) is 4.37. The Morgan fingerprint density at radius 1 is 1.41 bits per heavy atom. The van der Waals surface area contributed by atoms with Gasteiger partial charge in [0.25, 0.3) is 0 Å². The maximum atomic E-state index is 12.0. The molecule has 98 valence electrons. The first-order valence-electron chi connectivity index (χ1n) is 6.15. The lowest BCUT2D eigenvalue weighted by Gasteiger charge is -2.28. The van der Waals surface area contributed by atoms with Crippen molar-refractivity contribution in [1.82, 2.24) is 10.2 Å². The van der Waals surface area contributed by atoms with E-state index in [1.165, 1.54) is 0 Å². The Morgan fingerprint density at radius 2 is 2.00 bits per heavy atom. The molecule has 0 spiro atoms. The fraction of sp³-hybridized carbons (Fsp3) is 0.833. The zero-order valence-electron chi connectivity index (χ0n) is 10.8. The van der Waals surface area contributed by atoms with Crippen LogP contribution in [0.2, 0.25) is 0 Å². The summed E-state index contributed by atoms with van der Waals surface area (Å²) < 4.78 is 0. The van der Waals surface area contributed by atoms with Crippen LogP contribution in [0, 0.1) is 0 Å². The molecule has 0 aliphatic heterocycles. The maximum Gasteiger partial charge on any atom is 0.318 e. The van der Waals surface area contributed by atoms with Crippen molar-refractivity contribution in [3.63, 3.8) is 0 Å². The van der Waals surface area contributed by atoms with Gasteiger partial charge in [-0.3, -0.25) is 4.79 Å². The number of amides is 2. The highest BCUT2D eigenvalue weighted by molar-refractivity contribution is 5.76. The zero-order valence-corrected chi connectivity index (χ0v) is 10.8. The highest BCUT2D eigenvalue weighted by Crippen LogP contribution is 2.34. The molecule has 0 aromatic carbocycles. The molecule has 17 heavy (non-hydrogen) atoms. The van der Waals surface area contributed by atoms with E-state index >= 15 is 0 Å². The molecule has 0 aromatic heterocycles. The van der Waals surface area contributed by atoms with E-state index in [9.17, 15) is 9.59 Å². The van der Waals surface area contributed by atoms with E-state index in [0.29, 0.717) is 13.0 Å². The van der Waals surface area contributed by atoms with Crippen molar-refractivity contribution in [2.24, 2.45) is 0 Å². The van der Waals surface area contributed by atoms with Crippen LogP contribution in [0.5, 0.6) is 0 Å². The van der Waals surface area contributed by atoms with E-state index in [0.717, 1.165) is 12.8 Å². The second kappa shape index (κ2) is 5.38. The SMILES string of the molecule is CC(C)N(CCCC(=O)O)C(=O)NC1(C)CC1. The fourth-order valence-electron chi connectivity index (χ4n) is 1.64. The van der Waals surface area contributed by atoms with E-state index < -0.39 is 5.97 Å². The van der Waals surface area contributed by atoms with Gasteiger partial charge in [-0.05, 0) is 40.0 Å². The molecule has 5 nitrogen and oxygen atoms in total. The zero-order chi connectivity index (χ0) is 13.1. The van der Waals surface area contributed by atoms with Crippen LogP contribution in [0.4, 0.5) is 4.79 Å². The first-order valence-corrected chi connectivity index (χ1v) is 6.15. The monoisotopic (exact) mass is 242 g/mol. The maximum absolute atomic E-state index is 12.0. The van der Waals surface area contributed by atoms with Crippen molar-refractivity contribution < 1.29 is 14.7 Å². The lowest BCUT2D eigenvalue weighted by Crippen LogP contribution is -2.48. The molecule has 1 aliphatic rings. The first kappa shape index (κ1) is 13.8. The molecule has 0 radical (unpaired) electrons. The van der Waals surface area contributed by atoms with Crippen LogP contribution < -0.4 is 5.32 Å². The summed E-state index contributed by atoms with van der Waals surface area (Å²) >= 11 is 0. The average Bonchev–Trinajstić information content (AvgIpc) is 2.89. The molecule has 0 heterocycles. The summed E-state index contributed by atoms with van der Waals surface area (Å²) in [6, 6.07) is 0.0107. The third-order valence-electron chi connectivity index (χ3n) is 3.08. The van der Waals surface area contributed by atoms with Crippen LogP contribution in [-0.2, 0) is 4.79 Å². The van der Waals surface area contributed by atoms with E-state index in [1.54, 1.807) is 4.90 Å². The highest BCUT2D eigenvalue weighted by Gasteiger charge is 2.39. The smallest absolute Gasteiger partial charge is 0.318 e. The Morgan fingerprint density at radius 3 is 2.41 bits per heavy atom. The van der Waals surface area contributed by atoms with Crippen molar-refractivity contribution in [3.05, 3.63) is 0 Å². The normalized spacial score (nSPS) is 16.7. The molecule has 0 aromatic rings. The molecule has 2 amide bonds. The molecule has 0 bridgehead atoms. The lowest BCUT2D eigenvalue weighted by molar-refractivity contribution is -0.137. The van der Waals surface area contributed by atoms with Crippen molar-refractivity contribution in [3.8, 4) is 0 Å². The third-order valence-corrected chi connectivity index (χ3v) is 3.08. The van der Waals surface area contributed by atoms with E-state index in [2.05, 4.69) is 5.32 Å². The predicted molar refractivity (Wildman–Crippen MR) is 64.9 cm³/mol. The summed E-state index contributed by atoms with van der Waals surface area (Å²) in [5.41, 5.74) is -0.0307. The van der Waals surface area contributed by atoms with E-state index in [4.69, 9.17) is 5.11 Å². The Bertz CT molecular complexity index is 298. The van der Waals surface area contributed by atoms with Gasteiger partial charge in [0, 0.05) is 24.5 Å². The molecular formula is C12H22N2O3. The molecule has 2 N–H and O–H groups in total. The van der Waals surface area contributed by atoms with Crippen LogP contribution >= 0.6 is 0 Å². The van der Waals surface area contributed by atoms with Crippen LogP contribution in [-0.4, -0.2) is 40.1 Å². The second-order valence-corrected chi connectivity index (χ2v) is 5.28.